The molecule has 19 heavy (non-hydrogen) atoms. The van der Waals surface area contributed by atoms with Crippen molar-refractivity contribution < 1.29 is 14.4 Å². The van der Waals surface area contributed by atoms with E-state index in [0.29, 0.717) is 25.3 Å². The summed E-state index contributed by atoms with van der Waals surface area (Å²) >= 11 is 0. The van der Waals surface area contributed by atoms with Gasteiger partial charge in [-0.15, -0.1) is 0 Å². The minimum Gasteiger partial charge on any atom is -0.342 e. The van der Waals surface area contributed by atoms with Crippen LogP contribution in [0.5, 0.6) is 0 Å². The van der Waals surface area contributed by atoms with Crippen molar-refractivity contribution >= 4 is 17.7 Å². The minimum atomic E-state index is -0.246. The van der Waals surface area contributed by atoms with E-state index in [1.165, 1.54) is 17.1 Å². The van der Waals surface area contributed by atoms with E-state index in [2.05, 4.69) is 6.92 Å². The van der Waals surface area contributed by atoms with Crippen molar-refractivity contribution in [3.63, 3.8) is 0 Å². The first-order chi connectivity index (χ1) is 9.08. The fraction of sp³-hybridized carbons (Fsp3) is 0.643. The molecule has 2 aliphatic rings. The van der Waals surface area contributed by atoms with E-state index in [4.69, 9.17) is 0 Å². The number of hydrogen-bond acceptors (Lipinski definition) is 3. The fourth-order valence-corrected chi connectivity index (χ4v) is 2.52. The molecule has 0 bridgehead atoms. The van der Waals surface area contributed by atoms with Crippen molar-refractivity contribution in [3.05, 3.63) is 12.2 Å². The van der Waals surface area contributed by atoms with Crippen LogP contribution in [0.3, 0.4) is 0 Å². The van der Waals surface area contributed by atoms with Gasteiger partial charge in [0, 0.05) is 38.2 Å². The molecule has 3 amide bonds. The second kappa shape index (κ2) is 5.99. The Morgan fingerprint density at radius 1 is 1.26 bits per heavy atom. The van der Waals surface area contributed by atoms with E-state index in [9.17, 15) is 14.4 Å². The smallest absolute Gasteiger partial charge is 0.253 e. The fourth-order valence-electron chi connectivity index (χ4n) is 2.52. The zero-order chi connectivity index (χ0) is 13.8. The quantitative estimate of drug-likeness (QED) is 0.549. The first-order valence-corrected chi connectivity index (χ1v) is 6.89. The minimum absolute atomic E-state index is 0.196. The molecule has 1 fully saturated rings. The summed E-state index contributed by atoms with van der Waals surface area (Å²) in [5.74, 6) is 0.311. The molecule has 1 unspecified atom stereocenters. The summed E-state index contributed by atoms with van der Waals surface area (Å²) in [6.07, 6.45) is 5.60. The zero-order valence-corrected chi connectivity index (χ0v) is 11.3. The first kappa shape index (κ1) is 13.8. The molecule has 5 nitrogen and oxygen atoms in total. The summed E-state index contributed by atoms with van der Waals surface area (Å²) in [6.45, 7) is 4.30. The van der Waals surface area contributed by atoms with Crippen LogP contribution in [0.4, 0.5) is 0 Å². The van der Waals surface area contributed by atoms with Gasteiger partial charge in [0.1, 0.15) is 0 Å². The Hall–Kier alpha value is -1.65. The third kappa shape index (κ3) is 3.43. The first-order valence-electron chi connectivity index (χ1n) is 6.89. The number of carbonyl (C=O) groups is 3. The van der Waals surface area contributed by atoms with Gasteiger partial charge in [0.25, 0.3) is 11.8 Å². The predicted octanol–water partition coefficient (Wildman–Crippen LogP) is 0.950. The number of nitrogens with zero attached hydrogens (tertiary/aromatic N) is 2. The van der Waals surface area contributed by atoms with E-state index in [0.717, 1.165) is 25.9 Å². The second-order valence-electron chi connectivity index (χ2n) is 5.35. The lowest BCUT2D eigenvalue weighted by Gasteiger charge is -2.16. The summed E-state index contributed by atoms with van der Waals surface area (Å²) in [5.41, 5.74) is 0. The van der Waals surface area contributed by atoms with Crippen LogP contribution >= 0.6 is 0 Å². The lowest BCUT2D eigenvalue weighted by atomic mass is 10.2. The largest absolute Gasteiger partial charge is 0.342 e. The molecule has 0 spiro atoms. The summed E-state index contributed by atoms with van der Waals surface area (Å²) in [7, 11) is 0. The van der Waals surface area contributed by atoms with Crippen LogP contribution in [0.2, 0.25) is 0 Å². The molecule has 0 N–H and O–H groups in total. The molecule has 2 aliphatic heterocycles. The molecule has 0 aliphatic carbocycles. The van der Waals surface area contributed by atoms with Crippen LogP contribution in [0, 0.1) is 5.92 Å². The Balaban J connectivity index is 1.63. The van der Waals surface area contributed by atoms with Crippen LogP contribution in [0.15, 0.2) is 12.2 Å². The predicted molar refractivity (Wildman–Crippen MR) is 70.1 cm³/mol. The van der Waals surface area contributed by atoms with Crippen molar-refractivity contribution in [2.24, 2.45) is 5.92 Å². The Labute approximate surface area is 113 Å². The average molecular weight is 264 g/mol. The third-order valence-electron chi connectivity index (χ3n) is 3.70. The molecule has 0 aromatic heterocycles. The lowest BCUT2D eigenvalue weighted by Crippen LogP contribution is -2.31. The number of carbonyl (C=O) groups excluding carboxylic acids is 3. The van der Waals surface area contributed by atoms with Gasteiger partial charge in [-0.25, -0.2) is 0 Å². The highest BCUT2D eigenvalue weighted by Crippen LogP contribution is 2.16. The third-order valence-corrected chi connectivity index (χ3v) is 3.70. The normalized spacial score (nSPS) is 22.7. The van der Waals surface area contributed by atoms with Crippen LogP contribution in [0.1, 0.15) is 32.6 Å². The molecule has 0 aromatic rings. The number of likely N-dealkylation sites (tertiary alicyclic amines) is 1. The van der Waals surface area contributed by atoms with Gasteiger partial charge in [0.05, 0.1) is 0 Å². The molecule has 104 valence electrons. The summed E-state index contributed by atoms with van der Waals surface area (Å²) in [5, 5.41) is 0. The van der Waals surface area contributed by atoms with Gasteiger partial charge in [-0.2, -0.15) is 0 Å². The van der Waals surface area contributed by atoms with Crippen molar-refractivity contribution in [1.29, 1.82) is 0 Å². The lowest BCUT2D eigenvalue weighted by molar-refractivity contribution is -0.136. The zero-order valence-electron chi connectivity index (χ0n) is 11.3. The van der Waals surface area contributed by atoms with Crippen LogP contribution in [-0.2, 0) is 14.4 Å². The van der Waals surface area contributed by atoms with Gasteiger partial charge < -0.3 is 4.90 Å². The Morgan fingerprint density at radius 3 is 2.53 bits per heavy atom. The standard InChI is InChI=1S/C14H20N2O3/c1-11-7-9-15(10-11)12(17)4-2-3-8-16-13(18)5-6-14(16)19/h5-6,11H,2-4,7-10H2,1H3. The van der Waals surface area contributed by atoms with Crippen LogP contribution < -0.4 is 0 Å². The van der Waals surface area contributed by atoms with E-state index >= 15 is 0 Å². The van der Waals surface area contributed by atoms with Crippen molar-refractivity contribution in [1.82, 2.24) is 9.80 Å². The van der Waals surface area contributed by atoms with Gasteiger partial charge in [0.15, 0.2) is 0 Å². The summed E-state index contributed by atoms with van der Waals surface area (Å²) < 4.78 is 0. The monoisotopic (exact) mass is 264 g/mol. The summed E-state index contributed by atoms with van der Waals surface area (Å²) in [6, 6.07) is 0. The van der Waals surface area contributed by atoms with Gasteiger partial charge >= 0.3 is 0 Å². The van der Waals surface area contributed by atoms with Gasteiger partial charge in [-0.1, -0.05) is 6.92 Å². The second-order valence-corrected chi connectivity index (χ2v) is 5.35. The molecule has 0 radical (unpaired) electrons. The number of rotatable bonds is 5. The van der Waals surface area contributed by atoms with Gasteiger partial charge in [0.2, 0.25) is 5.91 Å². The molecule has 0 aromatic carbocycles. The molecule has 1 atom stereocenters. The van der Waals surface area contributed by atoms with E-state index in [-0.39, 0.29) is 17.7 Å². The van der Waals surface area contributed by atoms with Crippen molar-refractivity contribution in [2.45, 2.75) is 32.6 Å². The maximum absolute atomic E-state index is 11.9. The highest BCUT2D eigenvalue weighted by molar-refractivity contribution is 6.12. The maximum atomic E-state index is 11.9. The average Bonchev–Trinajstić information content (AvgIpc) is 2.94. The maximum Gasteiger partial charge on any atom is 0.253 e. The highest BCUT2D eigenvalue weighted by Gasteiger charge is 2.24. The SMILES string of the molecule is CC1CCN(C(=O)CCCCN2C(=O)C=CC2=O)C1. The van der Waals surface area contributed by atoms with Gasteiger partial charge in [-0.3, -0.25) is 19.3 Å². The molecule has 1 saturated heterocycles. The topological polar surface area (TPSA) is 57.7 Å². The number of imide groups is 1. The number of hydrogen-bond donors (Lipinski definition) is 0. The molecule has 5 heteroatoms. The molecule has 0 saturated carbocycles. The summed E-state index contributed by atoms with van der Waals surface area (Å²) in [4.78, 5) is 37.6. The number of unbranched alkanes of at least 4 members (excludes halogenated alkanes) is 1. The van der Waals surface area contributed by atoms with Crippen LogP contribution in [-0.4, -0.2) is 47.2 Å². The van der Waals surface area contributed by atoms with Crippen LogP contribution in [0.25, 0.3) is 0 Å². The van der Waals surface area contributed by atoms with E-state index < -0.39 is 0 Å². The Morgan fingerprint density at radius 2 is 1.95 bits per heavy atom. The van der Waals surface area contributed by atoms with E-state index in [1.807, 2.05) is 4.90 Å². The Kier molecular flexibility index (Phi) is 4.35. The molecular formula is C14H20N2O3. The van der Waals surface area contributed by atoms with E-state index in [1.54, 1.807) is 0 Å². The van der Waals surface area contributed by atoms with Gasteiger partial charge in [-0.05, 0) is 25.2 Å². The number of amides is 3. The molecular weight excluding hydrogens is 244 g/mol. The molecule has 2 heterocycles. The van der Waals surface area contributed by atoms with Crippen molar-refractivity contribution in [3.8, 4) is 0 Å². The molecule has 2 rings (SSSR count). The highest BCUT2D eigenvalue weighted by atomic mass is 16.2. The Bertz CT molecular complexity index is 399. The van der Waals surface area contributed by atoms with Crippen molar-refractivity contribution in [2.75, 3.05) is 19.6 Å².